The second-order valence-corrected chi connectivity index (χ2v) is 14.6. The Balaban J connectivity index is 1.03. The van der Waals surface area contributed by atoms with E-state index in [1.165, 1.54) is 24.2 Å². The Bertz CT molecular complexity index is 2290. The van der Waals surface area contributed by atoms with E-state index >= 15 is 0 Å². The summed E-state index contributed by atoms with van der Waals surface area (Å²) < 4.78 is 36.7. The van der Waals surface area contributed by atoms with Crippen molar-refractivity contribution in [3.8, 4) is 23.0 Å². The highest BCUT2D eigenvalue weighted by atomic mass is 16.7. The van der Waals surface area contributed by atoms with E-state index in [2.05, 4.69) is 40.3 Å². The second-order valence-electron chi connectivity index (χ2n) is 14.6. The number of aryl methyl sites for hydroxylation is 1. The topological polar surface area (TPSA) is 188 Å². The van der Waals surface area contributed by atoms with Crippen molar-refractivity contribution in [3.63, 3.8) is 0 Å². The van der Waals surface area contributed by atoms with Gasteiger partial charge in [0.1, 0.15) is 13.2 Å². The van der Waals surface area contributed by atoms with E-state index < -0.39 is 30.7 Å². The zero-order valence-corrected chi connectivity index (χ0v) is 33.7. The number of nitrogens with zero attached hydrogens (tertiary/aromatic N) is 4. The standard InChI is InChI=1S/C43H49N7O10/c1-6-15-58-42(53)45-27-13-14-30-31(20-27)47-39(46-30)33-21-28(25-48(33)4)44-37(51)11-10-18-56-36-23-32-29(22-35(36)55-5)40(52)49-24-26(3)19-34(49)41(50(32)43(54)59-16-7-2)60-38-12-8-9-17-57-38/h6-7,13-14,20-23,25,34,38,41H,1-3,8-12,15-19,24H2,4-5H3,(H,44,51)(H,45,53)(H,46,47). The van der Waals surface area contributed by atoms with E-state index in [0.29, 0.717) is 60.6 Å². The Hall–Kier alpha value is -6.59. The molecule has 4 aromatic rings. The number of amides is 4. The summed E-state index contributed by atoms with van der Waals surface area (Å²) in [5.74, 6) is 0.558. The summed E-state index contributed by atoms with van der Waals surface area (Å²) in [6, 6.07) is 9.64. The SMILES string of the molecule is C=CCOC(=O)Nc1ccc2nc(-c3cc(NC(=O)CCCOc4cc5c(cc4OC)C(=O)N4CC(=C)CC4C(OC4CCCCO4)N5C(=O)OCC=C)cn3C)[nH]c2c1. The van der Waals surface area contributed by atoms with E-state index in [1.807, 2.05) is 17.7 Å². The molecule has 2 saturated heterocycles. The molecule has 3 aliphatic heterocycles. The van der Waals surface area contributed by atoms with Gasteiger partial charge in [0.15, 0.2) is 29.8 Å². The number of aromatic amines is 1. The molecule has 3 atom stereocenters. The van der Waals surface area contributed by atoms with Crippen molar-refractivity contribution in [1.29, 1.82) is 0 Å². The molecule has 2 aromatic heterocycles. The predicted octanol–water partition coefficient (Wildman–Crippen LogP) is 6.89. The molecule has 3 N–H and O–H groups in total. The van der Waals surface area contributed by atoms with Gasteiger partial charge in [0.25, 0.3) is 5.91 Å². The van der Waals surface area contributed by atoms with Crippen LogP contribution >= 0.6 is 0 Å². The molecule has 5 heterocycles. The van der Waals surface area contributed by atoms with Gasteiger partial charge in [-0.25, -0.2) is 19.5 Å². The van der Waals surface area contributed by atoms with Crippen molar-refractivity contribution >= 4 is 52.1 Å². The van der Waals surface area contributed by atoms with Gasteiger partial charge in [-0.15, -0.1) is 0 Å². The number of aromatic nitrogens is 3. The van der Waals surface area contributed by atoms with Gasteiger partial charge in [-0.05, 0) is 62.4 Å². The zero-order chi connectivity index (χ0) is 42.3. The summed E-state index contributed by atoms with van der Waals surface area (Å²) in [7, 11) is 3.31. The molecule has 0 saturated carbocycles. The first-order valence-corrected chi connectivity index (χ1v) is 19.7. The number of carbonyl (C=O) groups is 4. The number of hydrogen-bond donors (Lipinski definition) is 3. The summed E-state index contributed by atoms with van der Waals surface area (Å²) >= 11 is 0. The third-order valence-electron chi connectivity index (χ3n) is 10.3. The lowest BCUT2D eigenvalue weighted by Crippen LogP contribution is -2.54. The van der Waals surface area contributed by atoms with Crippen molar-refractivity contribution in [2.24, 2.45) is 7.05 Å². The highest BCUT2D eigenvalue weighted by Gasteiger charge is 2.48. The summed E-state index contributed by atoms with van der Waals surface area (Å²) in [5, 5.41) is 5.61. The molecule has 60 heavy (non-hydrogen) atoms. The number of nitrogens with one attached hydrogen (secondary N) is 3. The zero-order valence-electron chi connectivity index (χ0n) is 33.7. The van der Waals surface area contributed by atoms with Gasteiger partial charge in [0.2, 0.25) is 5.91 Å². The Morgan fingerprint density at radius 3 is 2.62 bits per heavy atom. The Labute approximate surface area is 346 Å². The number of carbonyl (C=O) groups excluding carboxylic acids is 4. The number of anilines is 3. The number of fused-ring (bicyclic) bond motifs is 3. The van der Waals surface area contributed by atoms with Crippen molar-refractivity contribution in [3.05, 3.63) is 85.6 Å². The predicted molar refractivity (Wildman–Crippen MR) is 223 cm³/mol. The molecule has 2 aromatic carbocycles. The van der Waals surface area contributed by atoms with Crippen LogP contribution in [0.15, 0.2) is 80.1 Å². The molecule has 0 spiro atoms. The van der Waals surface area contributed by atoms with E-state index in [4.69, 9.17) is 28.4 Å². The van der Waals surface area contributed by atoms with Gasteiger partial charge in [0, 0.05) is 44.6 Å². The highest BCUT2D eigenvalue weighted by Crippen LogP contribution is 2.43. The second kappa shape index (κ2) is 18.6. The number of benzene rings is 2. The van der Waals surface area contributed by atoms with E-state index in [0.717, 1.165) is 24.1 Å². The lowest BCUT2D eigenvalue weighted by molar-refractivity contribution is -0.195. The molecule has 0 aliphatic carbocycles. The Kier molecular flexibility index (Phi) is 12.9. The fourth-order valence-corrected chi connectivity index (χ4v) is 7.49. The van der Waals surface area contributed by atoms with Crippen LogP contribution in [0.2, 0.25) is 0 Å². The van der Waals surface area contributed by atoms with Gasteiger partial charge >= 0.3 is 12.2 Å². The maximum Gasteiger partial charge on any atom is 0.416 e. The van der Waals surface area contributed by atoms with Crippen LogP contribution in [-0.2, 0) is 30.8 Å². The minimum atomic E-state index is -0.958. The number of methoxy groups -OCH3 is 1. The molecule has 3 aliphatic rings. The molecule has 2 fully saturated rings. The van der Waals surface area contributed by atoms with Crippen LogP contribution < -0.4 is 25.0 Å². The van der Waals surface area contributed by atoms with E-state index in [-0.39, 0.29) is 60.8 Å². The molecular formula is C43H49N7O10. The molecule has 4 amide bonds. The first-order valence-electron chi connectivity index (χ1n) is 19.7. The largest absolute Gasteiger partial charge is 0.493 e. The van der Waals surface area contributed by atoms with Crippen molar-refractivity contribution < 1.29 is 47.6 Å². The van der Waals surface area contributed by atoms with Crippen LogP contribution in [0.4, 0.5) is 26.7 Å². The van der Waals surface area contributed by atoms with Crippen LogP contribution in [0.1, 0.15) is 48.9 Å². The number of ether oxygens (including phenoxy) is 6. The summed E-state index contributed by atoms with van der Waals surface area (Å²) in [6.07, 6.45) is 5.18. The fourth-order valence-electron chi connectivity index (χ4n) is 7.49. The van der Waals surface area contributed by atoms with Crippen molar-refractivity contribution in [2.75, 3.05) is 55.6 Å². The summed E-state index contributed by atoms with van der Waals surface area (Å²) in [5.41, 5.74) is 4.49. The van der Waals surface area contributed by atoms with Crippen LogP contribution in [-0.4, -0.2) is 102 Å². The molecule has 0 radical (unpaired) electrons. The first-order chi connectivity index (χ1) is 29.1. The number of rotatable bonds is 15. The average molecular weight is 824 g/mol. The minimum absolute atomic E-state index is 0.0610. The molecule has 17 nitrogen and oxygen atoms in total. The van der Waals surface area contributed by atoms with Crippen LogP contribution in [0.25, 0.3) is 22.6 Å². The molecule has 3 unspecified atom stereocenters. The maximum atomic E-state index is 14.2. The van der Waals surface area contributed by atoms with Crippen molar-refractivity contribution in [2.45, 2.75) is 57.1 Å². The lowest BCUT2D eigenvalue weighted by atomic mass is 10.1. The van der Waals surface area contributed by atoms with Gasteiger partial charge in [0.05, 0.1) is 53.4 Å². The Morgan fingerprint density at radius 1 is 1.03 bits per heavy atom. The quantitative estimate of drug-likeness (QED) is 0.0837. The number of H-pyrrole nitrogens is 1. The van der Waals surface area contributed by atoms with Gasteiger partial charge in [-0.3, -0.25) is 14.9 Å². The molecular weight excluding hydrogens is 775 g/mol. The average Bonchev–Trinajstić information content (AvgIpc) is 3.94. The number of hydrogen-bond acceptors (Lipinski definition) is 11. The van der Waals surface area contributed by atoms with E-state index in [1.54, 1.807) is 41.4 Å². The third-order valence-corrected chi connectivity index (χ3v) is 10.3. The Morgan fingerprint density at radius 2 is 1.85 bits per heavy atom. The molecule has 7 rings (SSSR count). The van der Waals surface area contributed by atoms with Crippen LogP contribution in [0.3, 0.4) is 0 Å². The monoisotopic (exact) mass is 823 g/mol. The number of imidazole rings is 1. The molecule has 0 bridgehead atoms. The summed E-state index contributed by atoms with van der Waals surface area (Å²) in [4.78, 5) is 64.2. The van der Waals surface area contributed by atoms with Gasteiger partial charge in [-0.2, -0.15) is 0 Å². The summed E-state index contributed by atoms with van der Waals surface area (Å²) in [6.45, 7) is 12.3. The van der Waals surface area contributed by atoms with Crippen molar-refractivity contribution in [1.82, 2.24) is 19.4 Å². The lowest BCUT2D eigenvalue weighted by Gasteiger charge is -2.38. The van der Waals surface area contributed by atoms with Gasteiger partial charge in [-0.1, -0.05) is 37.5 Å². The first kappa shape index (κ1) is 41.6. The van der Waals surface area contributed by atoms with Crippen LogP contribution in [0.5, 0.6) is 11.5 Å². The fraction of sp³-hybridized carbons (Fsp3) is 0.372. The minimum Gasteiger partial charge on any atom is -0.493 e. The third kappa shape index (κ3) is 9.16. The van der Waals surface area contributed by atoms with Crippen LogP contribution in [0, 0.1) is 0 Å². The normalized spacial score (nSPS) is 18.6. The highest BCUT2D eigenvalue weighted by molar-refractivity contribution is 6.06. The molecule has 316 valence electrons. The van der Waals surface area contributed by atoms with E-state index in [9.17, 15) is 19.2 Å². The smallest absolute Gasteiger partial charge is 0.416 e. The van der Waals surface area contributed by atoms with Gasteiger partial charge < -0.3 is 48.2 Å². The molecule has 17 heteroatoms. The maximum absolute atomic E-state index is 14.2.